The lowest BCUT2D eigenvalue weighted by molar-refractivity contribution is 0.708. The lowest BCUT2D eigenvalue weighted by atomic mass is 10.2. The Morgan fingerprint density at radius 2 is 2.32 bits per heavy atom. The molecule has 1 saturated heterocycles. The summed E-state index contributed by atoms with van der Waals surface area (Å²) < 4.78 is 2.21. The number of nitrogens with zero attached hydrogens (tertiary/aromatic N) is 3. The van der Waals surface area contributed by atoms with E-state index in [-0.39, 0.29) is 6.04 Å². The molecule has 1 unspecified atom stereocenters. The lowest BCUT2D eigenvalue weighted by Crippen LogP contribution is -2.28. The molecule has 19 heavy (non-hydrogen) atoms. The van der Waals surface area contributed by atoms with Gasteiger partial charge in [0.1, 0.15) is 0 Å². The predicted molar refractivity (Wildman–Crippen MR) is 84.6 cm³/mol. The molecule has 104 valence electrons. The summed E-state index contributed by atoms with van der Waals surface area (Å²) in [6.45, 7) is 4.28. The van der Waals surface area contributed by atoms with Gasteiger partial charge in [0, 0.05) is 42.9 Å². The van der Waals surface area contributed by atoms with E-state index in [1.165, 1.54) is 23.6 Å². The third-order valence-corrected chi connectivity index (χ3v) is 5.18. The maximum atomic E-state index is 6.01. The van der Waals surface area contributed by atoms with Gasteiger partial charge in [0.2, 0.25) is 0 Å². The molecule has 0 amide bonds. The Bertz CT molecular complexity index is 538. The lowest BCUT2D eigenvalue weighted by Gasteiger charge is -2.21. The van der Waals surface area contributed by atoms with Crippen LogP contribution < -0.4 is 10.6 Å². The van der Waals surface area contributed by atoms with E-state index in [4.69, 9.17) is 10.7 Å². The molecule has 0 spiro atoms. The van der Waals surface area contributed by atoms with E-state index in [1.807, 2.05) is 11.8 Å². The van der Waals surface area contributed by atoms with Crippen LogP contribution in [0, 0.1) is 0 Å². The molecule has 0 saturated carbocycles. The Morgan fingerprint density at radius 1 is 1.42 bits per heavy atom. The molecule has 3 heterocycles. The molecule has 4 nitrogen and oxygen atoms in total. The van der Waals surface area contributed by atoms with Crippen LogP contribution in [-0.4, -0.2) is 40.0 Å². The maximum Gasteiger partial charge on any atom is 0.195 e. The third kappa shape index (κ3) is 2.75. The predicted octanol–water partition coefficient (Wildman–Crippen LogP) is 2.23. The molecule has 2 aromatic heterocycles. The molecule has 0 bridgehead atoms. The first-order valence-corrected chi connectivity index (χ1v) is 8.82. The fourth-order valence-electron chi connectivity index (χ4n) is 2.53. The van der Waals surface area contributed by atoms with Crippen molar-refractivity contribution >= 4 is 33.9 Å². The van der Waals surface area contributed by atoms with Gasteiger partial charge in [-0.3, -0.25) is 4.40 Å². The zero-order chi connectivity index (χ0) is 13.2. The highest BCUT2D eigenvalue weighted by molar-refractivity contribution is 7.99. The molecular weight excluding hydrogens is 276 g/mol. The van der Waals surface area contributed by atoms with Gasteiger partial charge in [-0.15, -0.1) is 11.3 Å². The number of imidazole rings is 1. The molecule has 1 aliphatic heterocycles. The van der Waals surface area contributed by atoms with E-state index < -0.39 is 0 Å². The smallest absolute Gasteiger partial charge is 0.195 e. The molecule has 3 rings (SSSR count). The van der Waals surface area contributed by atoms with Gasteiger partial charge in [0.25, 0.3) is 0 Å². The fourth-order valence-corrected chi connectivity index (χ4v) is 4.14. The Balaban J connectivity index is 1.98. The largest absolute Gasteiger partial charge is 0.354 e. The van der Waals surface area contributed by atoms with E-state index in [2.05, 4.69) is 27.8 Å². The monoisotopic (exact) mass is 296 g/mol. The summed E-state index contributed by atoms with van der Waals surface area (Å²) in [6, 6.07) is 0.167. The topological polar surface area (TPSA) is 46.6 Å². The first kappa shape index (κ1) is 13.3. The summed E-state index contributed by atoms with van der Waals surface area (Å²) in [6.07, 6.45) is 4.24. The van der Waals surface area contributed by atoms with Crippen molar-refractivity contribution in [3.8, 4) is 0 Å². The minimum atomic E-state index is 0.167. The van der Waals surface area contributed by atoms with Crippen LogP contribution in [-0.2, 0) is 6.42 Å². The number of aromatic nitrogens is 2. The van der Waals surface area contributed by atoms with Gasteiger partial charge < -0.3 is 10.6 Å². The number of rotatable bonds is 3. The second-order valence-corrected chi connectivity index (χ2v) is 7.17. The molecule has 6 heteroatoms. The minimum Gasteiger partial charge on any atom is -0.354 e. The van der Waals surface area contributed by atoms with Crippen LogP contribution in [0.15, 0.2) is 11.6 Å². The quantitative estimate of drug-likeness (QED) is 0.943. The summed E-state index contributed by atoms with van der Waals surface area (Å²) in [5.41, 5.74) is 7.29. The molecule has 2 aromatic rings. The maximum absolute atomic E-state index is 6.01. The van der Waals surface area contributed by atoms with Crippen LogP contribution in [0.1, 0.15) is 19.0 Å². The highest BCUT2D eigenvalue weighted by Gasteiger charge is 2.20. The van der Waals surface area contributed by atoms with Crippen LogP contribution in [0.3, 0.4) is 0 Å². The summed E-state index contributed by atoms with van der Waals surface area (Å²) in [5.74, 6) is 3.62. The van der Waals surface area contributed by atoms with Gasteiger partial charge in [-0.05, 0) is 19.1 Å². The van der Waals surface area contributed by atoms with Crippen LogP contribution in [0.25, 0.3) is 4.96 Å². The average Bonchev–Trinajstić information content (AvgIpc) is 2.83. The van der Waals surface area contributed by atoms with Crippen molar-refractivity contribution in [2.75, 3.05) is 29.5 Å². The molecule has 0 radical (unpaired) electrons. The summed E-state index contributed by atoms with van der Waals surface area (Å²) >= 11 is 3.74. The fraction of sp³-hybridized carbons (Fsp3) is 0.615. The van der Waals surface area contributed by atoms with Crippen LogP contribution in [0.5, 0.6) is 0 Å². The first-order valence-electron chi connectivity index (χ1n) is 6.78. The Kier molecular flexibility index (Phi) is 4.00. The number of thiazole rings is 1. The van der Waals surface area contributed by atoms with Crippen molar-refractivity contribution in [3.63, 3.8) is 0 Å². The number of fused-ring (bicyclic) bond motifs is 1. The highest BCUT2D eigenvalue weighted by atomic mass is 32.2. The van der Waals surface area contributed by atoms with E-state index in [9.17, 15) is 0 Å². The van der Waals surface area contributed by atoms with E-state index in [0.29, 0.717) is 0 Å². The SMILES string of the molecule is CC(N)Cc1c(N2CCCSCC2)nc2sccn12. The number of anilines is 1. The summed E-state index contributed by atoms with van der Waals surface area (Å²) in [4.78, 5) is 8.36. The Labute approximate surface area is 122 Å². The van der Waals surface area contributed by atoms with Crippen molar-refractivity contribution in [1.82, 2.24) is 9.38 Å². The molecule has 0 aromatic carbocycles. The molecule has 2 N–H and O–H groups in total. The molecule has 0 aliphatic carbocycles. The minimum absolute atomic E-state index is 0.167. The van der Waals surface area contributed by atoms with Gasteiger partial charge in [-0.25, -0.2) is 4.98 Å². The van der Waals surface area contributed by atoms with Crippen LogP contribution in [0.2, 0.25) is 0 Å². The highest BCUT2D eigenvalue weighted by Crippen LogP contribution is 2.27. The second kappa shape index (κ2) is 5.73. The summed E-state index contributed by atoms with van der Waals surface area (Å²) in [7, 11) is 0. The van der Waals surface area contributed by atoms with Gasteiger partial charge in [0.05, 0.1) is 5.69 Å². The zero-order valence-corrected chi connectivity index (χ0v) is 12.8. The third-order valence-electron chi connectivity index (χ3n) is 3.38. The van der Waals surface area contributed by atoms with Gasteiger partial charge in [-0.1, -0.05) is 0 Å². The van der Waals surface area contributed by atoms with Gasteiger partial charge in [0.15, 0.2) is 10.8 Å². The molecule has 1 atom stereocenters. The first-order chi connectivity index (χ1) is 9.25. The van der Waals surface area contributed by atoms with Crippen LogP contribution >= 0.6 is 23.1 Å². The Hall–Kier alpha value is -0.720. The number of hydrogen-bond acceptors (Lipinski definition) is 5. The molecule has 1 aliphatic rings. The molecule has 1 fully saturated rings. The summed E-state index contributed by atoms with van der Waals surface area (Å²) in [5, 5.41) is 2.09. The van der Waals surface area contributed by atoms with Gasteiger partial charge in [-0.2, -0.15) is 11.8 Å². The van der Waals surface area contributed by atoms with Gasteiger partial charge >= 0.3 is 0 Å². The van der Waals surface area contributed by atoms with E-state index in [0.717, 1.165) is 30.3 Å². The van der Waals surface area contributed by atoms with E-state index >= 15 is 0 Å². The second-order valence-electron chi connectivity index (χ2n) is 5.07. The normalized spacial score (nSPS) is 18.7. The zero-order valence-electron chi connectivity index (χ0n) is 11.2. The number of thioether (sulfide) groups is 1. The van der Waals surface area contributed by atoms with Crippen molar-refractivity contribution in [3.05, 3.63) is 17.3 Å². The number of nitrogens with two attached hydrogens (primary N) is 1. The van der Waals surface area contributed by atoms with Crippen molar-refractivity contribution in [2.45, 2.75) is 25.8 Å². The molecular formula is C13H20N4S2. The van der Waals surface area contributed by atoms with Crippen LogP contribution in [0.4, 0.5) is 5.82 Å². The number of hydrogen-bond donors (Lipinski definition) is 1. The van der Waals surface area contributed by atoms with Crippen molar-refractivity contribution in [2.24, 2.45) is 5.73 Å². The average molecular weight is 296 g/mol. The standard InChI is InChI=1S/C13H20N4S2/c1-10(14)9-11-12(15-13-17(11)5-8-19-13)16-3-2-6-18-7-4-16/h5,8,10H,2-4,6-7,9,14H2,1H3. The van der Waals surface area contributed by atoms with Crippen molar-refractivity contribution < 1.29 is 0 Å². The Morgan fingerprint density at radius 3 is 3.16 bits per heavy atom. The van der Waals surface area contributed by atoms with E-state index in [1.54, 1.807) is 11.3 Å². The van der Waals surface area contributed by atoms with Crippen molar-refractivity contribution in [1.29, 1.82) is 0 Å².